The zero-order valence-corrected chi connectivity index (χ0v) is 21.5. The molecule has 2 atom stereocenters. The van der Waals surface area contributed by atoms with Gasteiger partial charge in [0.25, 0.3) is 5.91 Å². The Hall–Kier alpha value is -2.13. The molecule has 174 valence electrons. The first-order valence-electron chi connectivity index (χ1n) is 11.2. The Bertz CT molecular complexity index is 880. The molecule has 0 saturated carbocycles. The van der Waals surface area contributed by atoms with Crippen molar-refractivity contribution in [2.75, 3.05) is 25.0 Å². The maximum absolute atomic E-state index is 12.3. The fourth-order valence-electron chi connectivity index (χ4n) is 3.53. The number of carbonyl (C=O) groups excluding carboxylic acids is 1. The van der Waals surface area contributed by atoms with Crippen molar-refractivity contribution in [2.45, 2.75) is 52.2 Å². The molecule has 3 N–H and O–H groups in total. The SMILES string of the molecule is CCNC(=NCc1cccc(NC(=O)C2CCCO2)c1)NCC(C)c1ccc(C)cc1.I. The van der Waals surface area contributed by atoms with Crippen LogP contribution in [-0.4, -0.2) is 37.7 Å². The highest BCUT2D eigenvalue weighted by Gasteiger charge is 2.23. The molecule has 7 heteroatoms. The molecular formula is C25H35IN4O2. The van der Waals surface area contributed by atoms with Crippen LogP contribution in [0.25, 0.3) is 0 Å². The molecule has 1 saturated heterocycles. The Kier molecular flexibility index (Phi) is 11.0. The van der Waals surface area contributed by atoms with Gasteiger partial charge in [-0.1, -0.05) is 48.9 Å². The van der Waals surface area contributed by atoms with E-state index < -0.39 is 0 Å². The summed E-state index contributed by atoms with van der Waals surface area (Å²) in [5.74, 6) is 1.09. The molecule has 3 rings (SSSR count). The Balaban J connectivity index is 0.00000363. The van der Waals surface area contributed by atoms with Gasteiger partial charge < -0.3 is 20.7 Å². The molecular weight excluding hydrogens is 515 g/mol. The molecule has 1 heterocycles. The van der Waals surface area contributed by atoms with E-state index in [2.05, 4.69) is 61.0 Å². The van der Waals surface area contributed by atoms with E-state index in [1.54, 1.807) is 0 Å². The zero-order chi connectivity index (χ0) is 22.1. The lowest BCUT2D eigenvalue weighted by molar-refractivity contribution is -0.124. The molecule has 2 aromatic carbocycles. The van der Waals surface area contributed by atoms with Crippen molar-refractivity contribution in [1.82, 2.24) is 10.6 Å². The van der Waals surface area contributed by atoms with E-state index in [0.29, 0.717) is 19.1 Å². The number of amides is 1. The number of anilines is 1. The van der Waals surface area contributed by atoms with Crippen LogP contribution in [0.4, 0.5) is 5.69 Å². The third kappa shape index (κ3) is 8.09. The Morgan fingerprint density at radius 1 is 1.19 bits per heavy atom. The van der Waals surface area contributed by atoms with E-state index in [4.69, 9.17) is 9.73 Å². The van der Waals surface area contributed by atoms with Crippen molar-refractivity contribution < 1.29 is 9.53 Å². The van der Waals surface area contributed by atoms with Gasteiger partial charge in [0.05, 0.1) is 6.54 Å². The standard InChI is InChI=1S/C25H34N4O2.HI/c1-4-26-25(27-16-19(3)21-12-10-18(2)11-13-21)28-17-20-7-5-8-22(15-20)29-24(30)23-9-6-14-31-23;/h5,7-8,10-13,15,19,23H,4,6,9,14,16-17H2,1-3H3,(H,29,30)(H2,26,27,28);1H. The molecule has 0 radical (unpaired) electrons. The minimum Gasteiger partial charge on any atom is -0.368 e. The summed E-state index contributed by atoms with van der Waals surface area (Å²) in [4.78, 5) is 17.0. The molecule has 32 heavy (non-hydrogen) atoms. The van der Waals surface area contributed by atoms with E-state index in [1.165, 1.54) is 11.1 Å². The summed E-state index contributed by atoms with van der Waals surface area (Å²) in [6.45, 7) is 9.15. The topological polar surface area (TPSA) is 74.8 Å². The van der Waals surface area contributed by atoms with Crippen molar-refractivity contribution in [2.24, 2.45) is 4.99 Å². The lowest BCUT2D eigenvalue weighted by Gasteiger charge is -2.16. The van der Waals surface area contributed by atoms with E-state index in [1.807, 2.05) is 24.3 Å². The second-order valence-electron chi connectivity index (χ2n) is 8.08. The van der Waals surface area contributed by atoms with Gasteiger partial charge in [0.1, 0.15) is 6.10 Å². The highest BCUT2D eigenvalue weighted by atomic mass is 127. The van der Waals surface area contributed by atoms with Crippen molar-refractivity contribution >= 4 is 41.5 Å². The molecule has 1 aliphatic heterocycles. The summed E-state index contributed by atoms with van der Waals surface area (Å²) in [5.41, 5.74) is 4.39. The first-order valence-corrected chi connectivity index (χ1v) is 11.2. The lowest BCUT2D eigenvalue weighted by Crippen LogP contribution is -2.39. The van der Waals surface area contributed by atoms with Gasteiger partial charge in [-0.15, -0.1) is 24.0 Å². The largest absolute Gasteiger partial charge is 0.368 e. The summed E-state index contributed by atoms with van der Waals surface area (Å²) in [6, 6.07) is 16.5. The second-order valence-corrected chi connectivity index (χ2v) is 8.08. The van der Waals surface area contributed by atoms with Crippen LogP contribution in [-0.2, 0) is 16.1 Å². The van der Waals surface area contributed by atoms with Gasteiger partial charge in [-0.05, 0) is 55.9 Å². The number of hydrogen-bond acceptors (Lipinski definition) is 3. The van der Waals surface area contributed by atoms with Crippen molar-refractivity contribution in [3.8, 4) is 0 Å². The summed E-state index contributed by atoms with van der Waals surface area (Å²) in [5, 5.41) is 9.70. The number of aliphatic imine (C=N–C) groups is 1. The molecule has 0 aromatic heterocycles. The Morgan fingerprint density at radius 3 is 2.66 bits per heavy atom. The number of benzene rings is 2. The van der Waals surface area contributed by atoms with Crippen LogP contribution in [0, 0.1) is 6.92 Å². The number of guanidine groups is 1. The van der Waals surface area contributed by atoms with Crippen molar-refractivity contribution in [3.05, 3.63) is 65.2 Å². The van der Waals surface area contributed by atoms with Crippen LogP contribution in [0.15, 0.2) is 53.5 Å². The monoisotopic (exact) mass is 550 g/mol. The normalized spacial score (nSPS) is 16.7. The van der Waals surface area contributed by atoms with Gasteiger partial charge in [0.2, 0.25) is 0 Å². The summed E-state index contributed by atoms with van der Waals surface area (Å²) >= 11 is 0. The van der Waals surface area contributed by atoms with Gasteiger partial charge in [0, 0.05) is 25.4 Å². The molecule has 6 nitrogen and oxygen atoms in total. The maximum atomic E-state index is 12.3. The minimum absolute atomic E-state index is 0. The van der Waals surface area contributed by atoms with Crippen LogP contribution < -0.4 is 16.0 Å². The second kappa shape index (κ2) is 13.4. The number of carbonyl (C=O) groups is 1. The Morgan fingerprint density at radius 2 is 1.97 bits per heavy atom. The first kappa shape index (κ1) is 26.1. The van der Waals surface area contributed by atoms with Crippen molar-refractivity contribution in [3.63, 3.8) is 0 Å². The number of ether oxygens (including phenoxy) is 1. The zero-order valence-electron chi connectivity index (χ0n) is 19.2. The summed E-state index contributed by atoms with van der Waals surface area (Å²) in [7, 11) is 0. The number of nitrogens with zero attached hydrogens (tertiary/aromatic N) is 1. The number of hydrogen-bond donors (Lipinski definition) is 3. The van der Waals surface area contributed by atoms with Gasteiger partial charge in [-0.3, -0.25) is 4.79 Å². The predicted octanol–water partition coefficient (Wildman–Crippen LogP) is 4.59. The highest BCUT2D eigenvalue weighted by Crippen LogP contribution is 2.17. The van der Waals surface area contributed by atoms with Crippen LogP contribution in [0.3, 0.4) is 0 Å². The fourth-order valence-corrected chi connectivity index (χ4v) is 3.53. The van der Waals surface area contributed by atoms with Crippen molar-refractivity contribution in [1.29, 1.82) is 0 Å². The fraction of sp³-hybridized carbons (Fsp3) is 0.440. The van der Waals surface area contributed by atoms with Crippen LogP contribution >= 0.6 is 24.0 Å². The third-order valence-electron chi connectivity index (χ3n) is 5.40. The predicted molar refractivity (Wildman–Crippen MR) is 142 cm³/mol. The Labute approximate surface area is 208 Å². The van der Waals surface area contributed by atoms with E-state index >= 15 is 0 Å². The quantitative estimate of drug-likeness (QED) is 0.256. The van der Waals surface area contributed by atoms with Gasteiger partial charge in [0.15, 0.2) is 5.96 Å². The smallest absolute Gasteiger partial charge is 0.253 e. The number of halogens is 1. The van der Waals surface area contributed by atoms with Crippen LogP contribution in [0.1, 0.15) is 49.3 Å². The molecule has 2 unspecified atom stereocenters. The van der Waals surface area contributed by atoms with Gasteiger partial charge in [-0.25, -0.2) is 4.99 Å². The maximum Gasteiger partial charge on any atom is 0.253 e. The first-order chi connectivity index (χ1) is 15.0. The summed E-state index contributed by atoms with van der Waals surface area (Å²) in [6.07, 6.45) is 1.39. The molecule has 0 bridgehead atoms. The molecule has 1 aliphatic rings. The number of nitrogens with one attached hydrogen (secondary N) is 3. The van der Waals surface area contributed by atoms with E-state index in [9.17, 15) is 4.79 Å². The van der Waals surface area contributed by atoms with Gasteiger partial charge >= 0.3 is 0 Å². The molecule has 0 spiro atoms. The molecule has 1 amide bonds. The average molecular weight is 550 g/mol. The molecule has 1 fully saturated rings. The number of rotatable bonds is 8. The minimum atomic E-state index is -0.332. The van der Waals surface area contributed by atoms with Crippen LogP contribution in [0.5, 0.6) is 0 Å². The van der Waals surface area contributed by atoms with E-state index in [0.717, 1.165) is 43.1 Å². The van der Waals surface area contributed by atoms with Gasteiger partial charge in [-0.2, -0.15) is 0 Å². The van der Waals surface area contributed by atoms with Crippen LogP contribution in [0.2, 0.25) is 0 Å². The average Bonchev–Trinajstić information content (AvgIpc) is 3.31. The lowest BCUT2D eigenvalue weighted by atomic mass is 10.0. The number of aryl methyl sites for hydroxylation is 1. The summed E-state index contributed by atoms with van der Waals surface area (Å²) < 4.78 is 5.46. The molecule has 2 aromatic rings. The van der Waals surface area contributed by atoms with E-state index in [-0.39, 0.29) is 36.0 Å². The molecule has 0 aliphatic carbocycles. The highest BCUT2D eigenvalue weighted by molar-refractivity contribution is 14.0. The third-order valence-corrected chi connectivity index (χ3v) is 5.40.